The Morgan fingerprint density at radius 2 is 1.68 bits per heavy atom. The Morgan fingerprint density at radius 1 is 1.00 bits per heavy atom. The lowest BCUT2D eigenvalue weighted by Crippen LogP contribution is -2.34. The molecule has 40 heavy (non-hydrogen) atoms. The monoisotopic (exact) mass is 633 g/mol. The first kappa shape index (κ1) is 28.6. The number of benzene rings is 2. The van der Waals surface area contributed by atoms with Gasteiger partial charge in [0.2, 0.25) is 0 Å². The quantitative estimate of drug-likeness (QED) is 0.206. The topological polar surface area (TPSA) is 126 Å². The van der Waals surface area contributed by atoms with E-state index in [1.807, 2.05) is 5.32 Å². The summed E-state index contributed by atoms with van der Waals surface area (Å²) in [6, 6.07) is 5.88. The molecule has 0 unspecified atom stereocenters. The smallest absolute Gasteiger partial charge is 0.382 e. The number of urea groups is 1. The summed E-state index contributed by atoms with van der Waals surface area (Å²) in [5, 5.41) is 10.1. The normalized spacial score (nSPS) is 11.9. The molecule has 2 heterocycles. The van der Waals surface area contributed by atoms with Crippen LogP contribution in [0, 0.1) is 5.82 Å². The summed E-state index contributed by atoms with van der Waals surface area (Å²) < 4.78 is 92.0. The summed E-state index contributed by atoms with van der Waals surface area (Å²) in [4.78, 5) is 29.0. The molecule has 0 aliphatic carbocycles. The van der Waals surface area contributed by atoms with Gasteiger partial charge in [0.05, 0.1) is 16.8 Å². The van der Waals surface area contributed by atoms with Crippen molar-refractivity contribution in [1.82, 2.24) is 19.9 Å². The molecule has 2 aromatic carbocycles. The Bertz CT molecular complexity index is 1600. The fourth-order valence-corrected chi connectivity index (χ4v) is 4.28. The fourth-order valence-electron chi connectivity index (χ4n) is 3.64. The molecule has 2 aromatic heterocycles. The maximum atomic E-state index is 14.0. The summed E-state index contributed by atoms with van der Waals surface area (Å²) in [6.45, 7) is -1.60. The Kier molecular flexibility index (Phi) is 7.60. The summed E-state index contributed by atoms with van der Waals surface area (Å²) in [6.07, 6.45) is -8.36. The number of fused-ring (bicyclic) bond motifs is 1. The molecular weight excluding hydrogens is 619 g/mol. The van der Waals surface area contributed by atoms with E-state index in [1.165, 1.54) is 28.8 Å². The highest BCUT2D eigenvalue weighted by atomic mass is 79.9. The van der Waals surface area contributed by atoms with E-state index >= 15 is 0 Å². The number of nitrogens with one attached hydrogen (secondary N) is 3. The molecule has 0 saturated heterocycles. The highest BCUT2D eigenvalue weighted by molar-refractivity contribution is 9.10. The number of alkyl halides is 6. The van der Waals surface area contributed by atoms with Gasteiger partial charge in [-0.05, 0) is 51.8 Å². The zero-order valence-electron chi connectivity index (χ0n) is 19.6. The average molecular weight is 634 g/mol. The van der Waals surface area contributed by atoms with Crippen LogP contribution >= 0.6 is 15.9 Å². The van der Waals surface area contributed by atoms with Gasteiger partial charge in [0.25, 0.3) is 5.91 Å². The van der Waals surface area contributed by atoms with Gasteiger partial charge in [-0.15, -0.1) is 0 Å². The van der Waals surface area contributed by atoms with Crippen LogP contribution in [0.2, 0.25) is 0 Å². The number of aromatic nitrogens is 3. The minimum absolute atomic E-state index is 0.00373. The second-order valence-corrected chi connectivity index (χ2v) is 8.84. The van der Waals surface area contributed by atoms with E-state index in [9.17, 15) is 40.3 Å². The van der Waals surface area contributed by atoms with Crippen molar-refractivity contribution < 1.29 is 40.3 Å². The lowest BCUT2D eigenvalue weighted by molar-refractivity contribution is -0.137. The van der Waals surface area contributed by atoms with Crippen LogP contribution in [0.1, 0.15) is 15.9 Å². The van der Waals surface area contributed by atoms with Crippen molar-refractivity contribution >= 4 is 50.6 Å². The Balaban J connectivity index is 1.63. The van der Waals surface area contributed by atoms with Crippen molar-refractivity contribution in [3.63, 3.8) is 0 Å². The standard InChI is InChI=1S/C23H15BrF7N7O2/c24-18-16(20(39)33-8-22(26,27)28)15(17-19(32)34-9-35-38(17)18)10-1-4-12(5-2-10)36-21(40)37-14-7-11(23(29,30)31)3-6-13(14)25/h1-7,9H,8H2,(H,33,39)(H2,32,34,35)(H2,36,37,40). The predicted molar refractivity (Wildman–Crippen MR) is 133 cm³/mol. The van der Waals surface area contributed by atoms with Crippen molar-refractivity contribution in [2.45, 2.75) is 12.4 Å². The predicted octanol–water partition coefficient (Wildman–Crippen LogP) is 5.84. The van der Waals surface area contributed by atoms with E-state index in [1.54, 1.807) is 5.32 Å². The molecule has 0 atom stereocenters. The van der Waals surface area contributed by atoms with Gasteiger partial charge in [-0.25, -0.2) is 18.7 Å². The first-order valence-corrected chi connectivity index (χ1v) is 11.7. The molecule has 0 spiro atoms. The molecule has 17 heteroatoms. The molecule has 0 fully saturated rings. The molecule has 9 nitrogen and oxygen atoms in total. The highest BCUT2D eigenvalue weighted by Crippen LogP contribution is 2.38. The summed E-state index contributed by atoms with van der Waals surface area (Å²) in [5.74, 6) is -2.28. The maximum absolute atomic E-state index is 14.0. The van der Waals surface area contributed by atoms with Crippen molar-refractivity contribution in [3.8, 4) is 11.1 Å². The average Bonchev–Trinajstić information content (AvgIpc) is 3.17. The molecule has 210 valence electrons. The largest absolute Gasteiger partial charge is 0.416 e. The summed E-state index contributed by atoms with van der Waals surface area (Å²) >= 11 is 3.17. The second kappa shape index (κ2) is 10.6. The highest BCUT2D eigenvalue weighted by Gasteiger charge is 2.32. The van der Waals surface area contributed by atoms with E-state index in [-0.39, 0.29) is 38.3 Å². The Hall–Kier alpha value is -4.41. The van der Waals surface area contributed by atoms with Crippen molar-refractivity contribution in [2.75, 3.05) is 22.9 Å². The van der Waals surface area contributed by atoms with E-state index in [0.717, 1.165) is 6.33 Å². The zero-order chi connectivity index (χ0) is 29.4. The van der Waals surface area contributed by atoms with Gasteiger partial charge in [-0.2, -0.15) is 31.4 Å². The van der Waals surface area contributed by atoms with Crippen LogP contribution in [0.15, 0.2) is 53.4 Å². The van der Waals surface area contributed by atoms with Crippen LogP contribution in [0.3, 0.4) is 0 Å². The molecule has 3 amide bonds. The molecule has 4 rings (SSSR count). The van der Waals surface area contributed by atoms with Crippen LogP contribution in [0.4, 0.5) is 52.7 Å². The van der Waals surface area contributed by atoms with Crippen LogP contribution in [-0.2, 0) is 6.18 Å². The third kappa shape index (κ3) is 6.08. The number of hydrogen-bond donors (Lipinski definition) is 4. The summed E-state index contributed by atoms with van der Waals surface area (Å²) in [7, 11) is 0. The molecule has 5 N–H and O–H groups in total. The van der Waals surface area contributed by atoms with Crippen LogP contribution in [0.5, 0.6) is 0 Å². The number of hydrogen-bond acceptors (Lipinski definition) is 5. The van der Waals surface area contributed by atoms with Gasteiger partial charge in [0.15, 0.2) is 5.82 Å². The van der Waals surface area contributed by atoms with E-state index in [0.29, 0.717) is 18.2 Å². The van der Waals surface area contributed by atoms with E-state index in [2.05, 4.69) is 31.3 Å². The summed E-state index contributed by atoms with van der Waals surface area (Å²) in [5.41, 5.74) is 4.40. The number of carbonyl (C=O) groups excluding carboxylic acids is 2. The fraction of sp³-hybridized carbons (Fsp3) is 0.130. The molecule has 0 saturated carbocycles. The molecule has 0 aliphatic rings. The second-order valence-electron chi connectivity index (χ2n) is 8.09. The minimum atomic E-state index is -4.76. The molecule has 4 aromatic rings. The first-order valence-electron chi connectivity index (χ1n) is 10.9. The van der Waals surface area contributed by atoms with E-state index < -0.39 is 47.9 Å². The number of carbonyl (C=O) groups is 2. The van der Waals surface area contributed by atoms with Gasteiger partial charge >= 0.3 is 18.4 Å². The van der Waals surface area contributed by atoms with Gasteiger partial charge in [0, 0.05) is 11.3 Å². The number of rotatable bonds is 5. The Morgan fingerprint density at radius 3 is 2.30 bits per heavy atom. The van der Waals surface area contributed by atoms with Gasteiger partial charge in [-0.3, -0.25) is 4.79 Å². The molecule has 0 bridgehead atoms. The number of nitrogen functional groups attached to an aromatic ring is 1. The Labute approximate surface area is 227 Å². The number of nitrogens with zero attached hydrogens (tertiary/aromatic N) is 3. The van der Waals surface area contributed by atoms with Crippen LogP contribution in [0.25, 0.3) is 16.6 Å². The number of amides is 3. The maximum Gasteiger partial charge on any atom is 0.416 e. The lowest BCUT2D eigenvalue weighted by atomic mass is 10.0. The SMILES string of the molecule is Nc1ncnn2c(Br)c(C(=O)NCC(F)(F)F)c(-c3ccc(NC(=O)Nc4cc(C(F)(F)F)ccc4F)cc3)c12. The first-order chi connectivity index (χ1) is 18.7. The van der Waals surface area contributed by atoms with Crippen molar-refractivity contribution in [2.24, 2.45) is 0 Å². The number of halogens is 8. The molecule has 0 aliphatic heterocycles. The van der Waals surface area contributed by atoms with Crippen LogP contribution in [-0.4, -0.2) is 39.3 Å². The van der Waals surface area contributed by atoms with Crippen LogP contribution < -0.4 is 21.7 Å². The van der Waals surface area contributed by atoms with Gasteiger partial charge < -0.3 is 21.7 Å². The molecule has 0 radical (unpaired) electrons. The lowest BCUT2D eigenvalue weighted by Gasteiger charge is -2.12. The van der Waals surface area contributed by atoms with Crippen molar-refractivity contribution in [1.29, 1.82) is 0 Å². The third-order valence-corrected chi connectivity index (χ3v) is 6.08. The van der Waals surface area contributed by atoms with E-state index in [4.69, 9.17) is 5.73 Å². The third-order valence-electron chi connectivity index (χ3n) is 5.35. The number of anilines is 3. The minimum Gasteiger partial charge on any atom is -0.382 e. The van der Waals surface area contributed by atoms with Crippen molar-refractivity contribution in [3.05, 3.63) is 70.3 Å². The van der Waals surface area contributed by atoms with Gasteiger partial charge in [-0.1, -0.05) is 12.1 Å². The number of nitrogens with two attached hydrogens (primary N) is 1. The van der Waals surface area contributed by atoms with Gasteiger partial charge in [0.1, 0.15) is 28.8 Å². The molecular formula is C23H15BrF7N7O2. The zero-order valence-corrected chi connectivity index (χ0v) is 21.2.